The van der Waals surface area contributed by atoms with Gasteiger partial charge in [-0.2, -0.15) is 13.2 Å². The van der Waals surface area contributed by atoms with Gasteiger partial charge in [-0.25, -0.2) is 18.5 Å². The highest BCUT2D eigenvalue weighted by molar-refractivity contribution is 6.13. The summed E-state index contributed by atoms with van der Waals surface area (Å²) in [6, 6.07) is -1.41. The first-order valence-electron chi connectivity index (χ1n) is 9.46. The van der Waals surface area contributed by atoms with Gasteiger partial charge in [-0.3, -0.25) is 14.5 Å². The molecule has 3 amide bonds. The number of alkyl halides is 3. The number of ether oxygens (including phenoxy) is 1. The minimum absolute atomic E-state index is 0.0269. The van der Waals surface area contributed by atoms with E-state index in [-0.39, 0.29) is 19.0 Å². The molecule has 0 saturated carbocycles. The molecule has 0 aromatic heterocycles. The Morgan fingerprint density at radius 3 is 2.26 bits per heavy atom. The summed E-state index contributed by atoms with van der Waals surface area (Å²) in [6.45, 7) is 6.92. The van der Waals surface area contributed by atoms with Gasteiger partial charge in [0, 0.05) is 12.1 Å². The van der Waals surface area contributed by atoms with Gasteiger partial charge in [-0.05, 0) is 47.1 Å². The van der Waals surface area contributed by atoms with E-state index >= 15 is 0 Å². The van der Waals surface area contributed by atoms with Crippen LogP contribution in [0.15, 0.2) is 6.07 Å². The summed E-state index contributed by atoms with van der Waals surface area (Å²) in [5, 5.41) is 0. The van der Waals surface area contributed by atoms with Crippen LogP contribution in [0.4, 0.5) is 32.4 Å². The lowest BCUT2D eigenvalue weighted by Crippen LogP contribution is -2.48. The van der Waals surface area contributed by atoms with Gasteiger partial charge in [0.2, 0.25) is 5.91 Å². The number of benzene rings is 1. The predicted molar refractivity (Wildman–Crippen MR) is 98.2 cm³/mol. The maximum absolute atomic E-state index is 14.8. The molecule has 0 aliphatic carbocycles. The Balaban J connectivity index is 2.07. The number of carbonyl (C=O) groups excluding carboxylic acids is 3. The van der Waals surface area contributed by atoms with Gasteiger partial charge >= 0.3 is 12.3 Å². The normalized spacial score (nSPS) is 21.0. The molecule has 2 heterocycles. The Hall–Kier alpha value is -2.72. The van der Waals surface area contributed by atoms with Crippen LogP contribution in [-0.2, 0) is 25.9 Å². The highest BCUT2D eigenvalue weighted by Gasteiger charge is 2.55. The van der Waals surface area contributed by atoms with Crippen molar-refractivity contribution in [1.82, 2.24) is 4.90 Å². The van der Waals surface area contributed by atoms with Crippen LogP contribution in [0.5, 0.6) is 0 Å². The minimum Gasteiger partial charge on any atom is -0.443 e. The number of rotatable bonds is 1. The Morgan fingerprint density at radius 1 is 1.16 bits per heavy atom. The Kier molecular flexibility index (Phi) is 5.10. The monoisotopic (exact) mass is 448 g/mol. The number of hydrogen-bond acceptors (Lipinski definition) is 4. The summed E-state index contributed by atoms with van der Waals surface area (Å²) < 4.78 is 74.3. The van der Waals surface area contributed by atoms with Gasteiger partial charge in [-0.15, -0.1) is 0 Å². The van der Waals surface area contributed by atoms with Crippen LogP contribution < -0.4 is 4.90 Å². The van der Waals surface area contributed by atoms with Crippen molar-refractivity contribution < 1.29 is 41.1 Å². The molecule has 170 valence electrons. The number of anilines is 1. The minimum atomic E-state index is -5.18. The van der Waals surface area contributed by atoms with E-state index in [0.29, 0.717) is 4.90 Å². The largest absolute Gasteiger partial charge is 0.443 e. The summed E-state index contributed by atoms with van der Waals surface area (Å²) in [6.07, 6.45) is -6.25. The van der Waals surface area contributed by atoms with E-state index < -0.39 is 69.6 Å². The number of fused-ring (bicyclic) bond motifs is 1. The third-order valence-electron chi connectivity index (χ3n) is 5.22. The first-order chi connectivity index (χ1) is 14.0. The molecule has 1 atom stereocenters. The van der Waals surface area contributed by atoms with Gasteiger partial charge < -0.3 is 4.74 Å². The Labute approximate surface area is 174 Å². The lowest BCUT2D eigenvalue weighted by atomic mass is 9.84. The van der Waals surface area contributed by atoms with Crippen molar-refractivity contribution in [3.05, 3.63) is 28.8 Å². The molecule has 3 rings (SSSR count). The molecule has 1 aromatic carbocycles. The maximum atomic E-state index is 14.8. The van der Waals surface area contributed by atoms with Crippen LogP contribution in [0.1, 0.15) is 52.2 Å². The molecular formula is C20H21F5N2O4. The van der Waals surface area contributed by atoms with Crippen molar-refractivity contribution in [1.29, 1.82) is 0 Å². The highest BCUT2D eigenvalue weighted by Crippen LogP contribution is 2.49. The molecule has 2 aliphatic heterocycles. The zero-order valence-corrected chi connectivity index (χ0v) is 17.5. The number of hydrogen-bond donors (Lipinski definition) is 0. The molecule has 2 aliphatic rings. The van der Waals surface area contributed by atoms with E-state index in [2.05, 4.69) is 0 Å². The van der Waals surface area contributed by atoms with Crippen LogP contribution in [0.2, 0.25) is 0 Å². The van der Waals surface area contributed by atoms with Crippen molar-refractivity contribution in [2.24, 2.45) is 0 Å². The summed E-state index contributed by atoms with van der Waals surface area (Å²) >= 11 is 0. The summed E-state index contributed by atoms with van der Waals surface area (Å²) in [5.74, 6) is -5.07. The number of nitrogens with zero attached hydrogens (tertiary/aromatic N) is 2. The van der Waals surface area contributed by atoms with Crippen LogP contribution in [0, 0.1) is 11.6 Å². The number of amides is 3. The van der Waals surface area contributed by atoms with Crippen molar-refractivity contribution in [2.75, 3.05) is 11.4 Å². The lowest BCUT2D eigenvalue weighted by molar-refractivity contribution is -0.140. The van der Waals surface area contributed by atoms with Gasteiger partial charge in [0.05, 0.1) is 16.7 Å². The maximum Gasteiger partial charge on any atom is 0.419 e. The molecule has 1 unspecified atom stereocenters. The molecule has 1 saturated heterocycles. The van der Waals surface area contributed by atoms with Gasteiger partial charge in [0.1, 0.15) is 23.3 Å². The SMILES string of the molecule is CC(C)(C)OC(=O)N1CCC(N2C(=O)C(C)(C)c3c(F)c(C(F)(F)F)cc(F)c32)C1=O. The fraction of sp³-hybridized carbons (Fsp3) is 0.550. The smallest absolute Gasteiger partial charge is 0.419 e. The van der Waals surface area contributed by atoms with Gasteiger partial charge in [0.15, 0.2) is 0 Å². The zero-order chi connectivity index (χ0) is 23.7. The van der Waals surface area contributed by atoms with E-state index in [1.165, 1.54) is 0 Å². The molecule has 1 aromatic rings. The second-order valence-corrected chi connectivity index (χ2v) is 9.02. The number of halogens is 5. The van der Waals surface area contributed by atoms with Crippen molar-refractivity contribution >= 4 is 23.6 Å². The highest BCUT2D eigenvalue weighted by atomic mass is 19.4. The zero-order valence-electron chi connectivity index (χ0n) is 17.5. The number of imide groups is 1. The average Bonchev–Trinajstić information content (AvgIpc) is 3.05. The standard InChI is InChI=1S/C20H21F5N2O4/c1-18(2,3)31-17(30)26-7-6-11(15(26)28)27-14-10(21)8-9(20(23,24)25)13(22)12(14)19(4,5)16(27)29/h8,11H,6-7H2,1-5H3. The van der Waals surface area contributed by atoms with Crippen molar-refractivity contribution in [3.8, 4) is 0 Å². The van der Waals surface area contributed by atoms with E-state index in [1.54, 1.807) is 20.8 Å². The quantitative estimate of drug-likeness (QED) is 0.606. The molecule has 0 bridgehead atoms. The Bertz CT molecular complexity index is 981. The van der Waals surface area contributed by atoms with Crippen LogP contribution in [0.25, 0.3) is 0 Å². The lowest BCUT2D eigenvalue weighted by Gasteiger charge is -2.27. The van der Waals surface area contributed by atoms with Crippen molar-refractivity contribution in [2.45, 2.75) is 64.3 Å². The number of carbonyl (C=O) groups is 3. The molecule has 0 radical (unpaired) electrons. The van der Waals surface area contributed by atoms with Gasteiger partial charge in [0.25, 0.3) is 5.91 Å². The molecular weight excluding hydrogens is 427 g/mol. The summed E-state index contributed by atoms with van der Waals surface area (Å²) in [7, 11) is 0. The van der Waals surface area contributed by atoms with E-state index in [4.69, 9.17) is 4.74 Å². The molecule has 6 nitrogen and oxygen atoms in total. The molecule has 1 fully saturated rings. The summed E-state index contributed by atoms with van der Waals surface area (Å²) in [4.78, 5) is 39.5. The van der Waals surface area contributed by atoms with Crippen LogP contribution >= 0.6 is 0 Å². The Morgan fingerprint density at radius 2 is 1.74 bits per heavy atom. The fourth-order valence-electron chi connectivity index (χ4n) is 3.84. The van der Waals surface area contributed by atoms with Gasteiger partial charge in [-0.1, -0.05) is 0 Å². The average molecular weight is 448 g/mol. The predicted octanol–water partition coefficient (Wildman–Crippen LogP) is 4.14. The fourth-order valence-corrected chi connectivity index (χ4v) is 3.84. The van der Waals surface area contributed by atoms with E-state index in [0.717, 1.165) is 18.7 Å². The van der Waals surface area contributed by atoms with Crippen LogP contribution in [0.3, 0.4) is 0 Å². The second-order valence-electron chi connectivity index (χ2n) is 9.02. The van der Waals surface area contributed by atoms with E-state index in [1.807, 2.05) is 0 Å². The molecule has 0 N–H and O–H groups in total. The first kappa shape index (κ1) is 23.0. The van der Waals surface area contributed by atoms with Crippen molar-refractivity contribution in [3.63, 3.8) is 0 Å². The molecule has 11 heteroatoms. The topological polar surface area (TPSA) is 66.9 Å². The molecule has 31 heavy (non-hydrogen) atoms. The first-order valence-corrected chi connectivity index (χ1v) is 9.46. The summed E-state index contributed by atoms with van der Waals surface area (Å²) in [5.41, 5.74) is -6.09. The third-order valence-corrected chi connectivity index (χ3v) is 5.22. The third kappa shape index (κ3) is 3.63. The molecule has 0 spiro atoms. The van der Waals surface area contributed by atoms with E-state index in [9.17, 15) is 36.3 Å². The second kappa shape index (κ2) is 6.89. The number of likely N-dealkylation sites (tertiary alicyclic amines) is 1. The van der Waals surface area contributed by atoms with Crippen LogP contribution in [-0.4, -0.2) is 41.0 Å².